The van der Waals surface area contributed by atoms with E-state index >= 15 is 0 Å². The van der Waals surface area contributed by atoms with Crippen LogP contribution >= 0.6 is 11.8 Å². The minimum atomic E-state index is -0.553. The molecule has 4 aromatic rings. The van der Waals surface area contributed by atoms with Crippen LogP contribution in [-0.2, 0) is 9.59 Å². The number of para-hydroxylation sites is 1. The second-order valence-electron chi connectivity index (χ2n) is 9.87. The quantitative estimate of drug-likeness (QED) is 0.121. The Kier molecular flexibility index (Phi) is 11.3. The molecule has 4 aromatic carbocycles. The molecule has 0 radical (unpaired) electrons. The Morgan fingerprint density at radius 2 is 1.38 bits per heavy atom. The summed E-state index contributed by atoms with van der Waals surface area (Å²) in [5, 5.41) is 8.18. The molecule has 0 spiro atoms. The molecule has 0 saturated heterocycles. The maximum atomic E-state index is 13.6. The molecule has 9 nitrogen and oxygen atoms in total. The van der Waals surface area contributed by atoms with Crippen molar-refractivity contribution >= 4 is 46.9 Å². The van der Waals surface area contributed by atoms with E-state index in [2.05, 4.69) is 16.0 Å². The van der Waals surface area contributed by atoms with Crippen LogP contribution in [-0.4, -0.2) is 44.3 Å². The monoisotopic (exact) mass is 625 g/mol. The lowest BCUT2D eigenvalue weighted by Crippen LogP contribution is -2.30. The zero-order valence-corrected chi connectivity index (χ0v) is 26.5. The van der Waals surface area contributed by atoms with Crippen LogP contribution in [0.3, 0.4) is 0 Å². The number of hydrogen-bond acceptors (Lipinski definition) is 7. The third kappa shape index (κ3) is 8.67. The zero-order valence-electron chi connectivity index (χ0n) is 25.7. The van der Waals surface area contributed by atoms with Gasteiger partial charge in [0.15, 0.2) is 11.5 Å². The molecule has 0 fully saturated rings. The molecular weight excluding hydrogens is 590 g/mol. The zero-order chi connectivity index (χ0) is 32.3. The Morgan fingerprint density at radius 1 is 0.756 bits per heavy atom. The van der Waals surface area contributed by atoms with Crippen LogP contribution in [0.25, 0.3) is 6.08 Å². The first-order chi connectivity index (χ1) is 21.7. The summed E-state index contributed by atoms with van der Waals surface area (Å²) in [6.07, 6.45) is 1.51. The van der Waals surface area contributed by atoms with E-state index in [1.165, 1.54) is 39.2 Å². The van der Waals surface area contributed by atoms with E-state index in [1.54, 1.807) is 54.6 Å². The summed E-state index contributed by atoms with van der Waals surface area (Å²) in [6.45, 7) is 3.78. The summed E-state index contributed by atoms with van der Waals surface area (Å²) in [4.78, 5) is 40.3. The first-order valence-electron chi connectivity index (χ1n) is 14.0. The topological polar surface area (TPSA) is 115 Å². The third-order valence-electron chi connectivity index (χ3n) is 6.76. The highest BCUT2D eigenvalue weighted by Gasteiger charge is 2.19. The van der Waals surface area contributed by atoms with Gasteiger partial charge in [0, 0.05) is 33.5 Å². The van der Waals surface area contributed by atoms with Gasteiger partial charge in [-0.2, -0.15) is 0 Å². The SMILES string of the molecule is COc1cc(OC)c(OC)cc1/C=C(\NC(=O)c1ccccc1)C(=O)Nc1ccc(SC(C)C(=O)Nc2ccccc2C)cc1. The van der Waals surface area contributed by atoms with Gasteiger partial charge in [-0.1, -0.05) is 36.4 Å². The van der Waals surface area contributed by atoms with Crippen LogP contribution in [0, 0.1) is 6.92 Å². The largest absolute Gasteiger partial charge is 0.496 e. The average molecular weight is 626 g/mol. The van der Waals surface area contributed by atoms with E-state index in [9.17, 15) is 14.4 Å². The third-order valence-corrected chi connectivity index (χ3v) is 7.87. The predicted molar refractivity (Wildman–Crippen MR) is 178 cm³/mol. The first kappa shape index (κ1) is 32.7. The lowest BCUT2D eigenvalue weighted by molar-refractivity contribution is -0.115. The van der Waals surface area contributed by atoms with E-state index in [0.717, 1.165) is 16.1 Å². The number of ether oxygens (including phenoxy) is 3. The van der Waals surface area contributed by atoms with Gasteiger partial charge in [0.05, 0.1) is 26.6 Å². The van der Waals surface area contributed by atoms with Gasteiger partial charge < -0.3 is 30.2 Å². The van der Waals surface area contributed by atoms with Gasteiger partial charge in [-0.05, 0) is 74.0 Å². The molecule has 0 heterocycles. The number of amides is 3. The van der Waals surface area contributed by atoms with E-state index < -0.39 is 11.8 Å². The number of aryl methyl sites for hydroxylation is 1. The van der Waals surface area contributed by atoms with Crippen LogP contribution in [0.15, 0.2) is 102 Å². The van der Waals surface area contributed by atoms with Crippen LogP contribution in [0.4, 0.5) is 11.4 Å². The minimum absolute atomic E-state index is 0.0191. The van der Waals surface area contributed by atoms with Crippen molar-refractivity contribution in [2.45, 2.75) is 24.0 Å². The molecule has 0 bridgehead atoms. The maximum Gasteiger partial charge on any atom is 0.272 e. The fourth-order valence-corrected chi connectivity index (χ4v) is 5.15. The van der Waals surface area contributed by atoms with Crippen molar-refractivity contribution in [3.8, 4) is 17.2 Å². The van der Waals surface area contributed by atoms with Gasteiger partial charge in [0.2, 0.25) is 5.91 Å². The second-order valence-corrected chi connectivity index (χ2v) is 11.3. The van der Waals surface area contributed by atoms with Crippen molar-refractivity contribution in [1.29, 1.82) is 0 Å². The summed E-state index contributed by atoms with van der Waals surface area (Å²) in [6, 6.07) is 26.6. The highest BCUT2D eigenvalue weighted by molar-refractivity contribution is 8.00. The Bertz CT molecular complexity index is 1690. The van der Waals surface area contributed by atoms with Gasteiger partial charge in [-0.15, -0.1) is 11.8 Å². The van der Waals surface area contributed by atoms with Crippen LogP contribution < -0.4 is 30.2 Å². The Morgan fingerprint density at radius 3 is 2.02 bits per heavy atom. The highest BCUT2D eigenvalue weighted by Crippen LogP contribution is 2.36. The molecule has 4 rings (SSSR count). The lowest BCUT2D eigenvalue weighted by atomic mass is 10.1. The van der Waals surface area contributed by atoms with Gasteiger partial charge in [-0.25, -0.2) is 0 Å². The number of thioether (sulfide) groups is 1. The second kappa shape index (κ2) is 15.5. The Hall–Kier alpha value is -5.22. The molecule has 10 heteroatoms. The molecule has 0 aliphatic carbocycles. The molecule has 1 unspecified atom stereocenters. The number of carbonyl (C=O) groups excluding carboxylic acids is 3. The van der Waals surface area contributed by atoms with Crippen molar-refractivity contribution in [3.05, 3.63) is 113 Å². The number of rotatable bonds is 12. The maximum absolute atomic E-state index is 13.6. The summed E-state index contributed by atoms with van der Waals surface area (Å²) in [5.74, 6) is 0.165. The number of methoxy groups -OCH3 is 3. The van der Waals surface area contributed by atoms with Crippen molar-refractivity contribution in [1.82, 2.24) is 5.32 Å². The van der Waals surface area contributed by atoms with Crippen molar-refractivity contribution in [2.75, 3.05) is 32.0 Å². The van der Waals surface area contributed by atoms with E-state index in [1.807, 2.05) is 50.2 Å². The smallest absolute Gasteiger partial charge is 0.272 e. The molecule has 0 aromatic heterocycles. The number of nitrogens with one attached hydrogen (secondary N) is 3. The van der Waals surface area contributed by atoms with Crippen LogP contribution in [0.1, 0.15) is 28.4 Å². The number of carbonyl (C=O) groups is 3. The van der Waals surface area contributed by atoms with Crippen LogP contribution in [0.2, 0.25) is 0 Å². The molecule has 45 heavy (non-hydrogen) atoms. The van der Waals surface area contributed by atoms with E-state index in [0.29, 0.717) is 34.1 Å². The molecule has 0 aliphatic rings. The first-order valence-corrected chi connectivity index (χ1v) is 14.9. The molecular formula is C35H35N3O6S. The van der Waals surface area contributed by atoms with Gasteiger partial charge in [-0.3, -0.25) is 14.4 Å². The summed E-state index contributed by atoms with van der Waals surface area (Å²) < 4.78 is 16.3. The van der Waals surface area contributed by atoms with Crippen LogP contribution in [0.5, 0.6) is 17.2 Å². The molecule has 1 atom stereocenters. The fourth-order valence-electron chi connectivity index (χ4n) is 4.28. The normalized spacial score (nSPS) is 11.6. The van der Waals surface area contributed by atoms with Crippen molar-refractivity contribution in [2.24, 2.45) is 0 Å². The average Bonchev–Trinajstić information content (AvgIpc) is 3.06. The number of hydrogen-bond donors (Lipinski definition) is 3. The summed E-state index contributed by atoms with van der Waals surface area (Å²) >= 11 is 1.40. The highest BCUT2D eigenvalue weighted by atomic mass is 32.2. The summed E-state index contributed by atoms with van der Waals surface area (Å²) in [5.41, 5.74) is 3.12. The molecule has 3 N–H and O–H groups in total. The Labute approximate surface area is 267 Å². The summed E-state index contributed by atoms with van der Waals surface area (Å²) in [7, 11) is 4.51. The number of anilines is 2. The standard InChI is InChI=1S/C35H35N3O6S/c1-22-11-9-10-14-28(22)37-33(39)23(2)45-27-17-15-26(16-18-27)36-35(41)29(38-34(40)24-12-7-6-8-13-24)19-25-20-31(43-4)32(44-5)21-30(25)42-3/h6-21,23H,1-5H3,(H,36,41)(H,37,39)(H,38,40)/b29-19-. The van der Waals surface area contributed by atoms with Crippen molar-refractivity contribution in [3.63, 3.8) is 0 Å². The van der Waals surface area contributed by atoms with Gasteiger partial charge >= 0.3 is 0 Å². The van der Waals surface area contributed by atoms with Crippen molar-refractivity contribution < 1.29 is 28.6 Å². The minimum Gasteiger partial charge on any atom is -0.496 e. The molecule has 0 saturated carbocycles. The van der Waals surface area contributed by atoms with Gasteiger partial charge in [0.25, 0.3) is 11.8 Å². The predicted octanol–water partition coefficient (Wildman–Crippen LogP) is 6.55. The molecule has 0 aliphatic heterocycles. The van der Waals surface area contributed by atoms with E-state index in [4.69, 9.17) is 14.2 Å². The lowest BCUT2D eigenvalue weighted by Gasteiger charge is -2.15. The molecule has 3 amide bonds. The fraction of sp³-hybridized carbons (Fsp3) is 0.171. The van der Waals surface area contributed by atoms with E-state index in [-0.39, 0.29) is 16.9 Å². The Balaban J connectivity index is 1.53. The molecule has 232 valence electrons. The number of benzene rings is 4. The van der Waals surface area contributed by atoms with Gasteiger partial charge in [0.1, 0.15) is 11.4 Å².